The van der Waals surface area contributed by atoms with E-state index in [4.69, 9.17) is 9.26 Å². The van der Waals surface area contributed by atoms with Gasteiger partial charge in [-0.25, -0.2) is 0 Å². The van der Waals surface area contributed by atoms with Gasteiger partial charge < -0.3 is 18.7 Å². The summed E-state index contributed by atoms with van der Waals surface area (Å²) >= 11 is 0. The summed E-state index contributed by atoms with van der Waals surface area (Å²) in [7, 11) is 1.65. The molecule has 3 heterocycles. The molecule has 8 nitrogen and oxygen atoms in total. The number of ether oxygens (including phenoxy) is 1. The fourth-order valence-electron chi connectivity index (χ4n) is 3.00. The van der Waals surface area contributed by atoms with Crippen LogP contribution in [0.15, 0.2) is 27.6 Å². The molecule has 8 heteroatoms. The molecular weight excluding hydrogens is 324 g/mol. The van der Waals surface area contributed by atoms with E-state index in [1.807, 2.05) is 6.92 Å². The van der Waals surface area contributed by atoms with E-state index in [1.54, 1.807) is 24.2 Å². The van der Waals surface area contributed by atoms with E-state index in [0.29, 0.717) is 30.5 Å². The number of hydrogen-bond donors (Lipinski definition) is 0. The zero-order valence-electron chi connectivity index (χ0n) is 14.2. The zero-order chi connectivity index (χ0) is 17.6. The molecule has 1 amide bonds. The Balaban J connectivity index is 1.53. The van der Waals surface area contributed by atoms with E-state index in [1.165, 1.54) is 10.6 Å². The van der Waals surface area contributed by atoms with E-state index in [0.717, 1.165) is 18.7 Å². The standard InChI is InChI=1S/C17H20N4O4/c1-10-8-21(17(23)12-5-6-20(2)14(22)7-12)9-13(24-10)16-18-15(19-25-16)11-3-4-11/h5-7,10-11,13H,3-4,8-9H2,1-2H3/t10-,13-/m1/s1. The fraction of sp³-hybridized carbons (Fsp3) is 0.529. The van der Waals surface area contributed by atoms with Crippen molar-refractivity contribution in [3.63, 3.8) is 0 Å². The van der Waals surface area contributed by atoms with Crippen LogP contribution in [0.1, 0.15) is 53.9 Å². The maximum Gasteiger partial charge on any atom is 0.257 e. The maximum absolute atomic E-state index is 12.8. The van der Waals surface area contributed by atoms with Gasteiger partial charge in [-0.1, -0.05) is 5.16 Å². The number of morpholine rings is 1. The van der Waals surface area contributed by atoms with E-state index >= 15 is 0 Å². The molecule has 2 aromatic rings. The molecule has 2 aliphatic rings. The van der Waals surface area contributed by atoms with Crippen LogP contribution in [0.4, 0.5) is 0 Å². The van der Waals surface area contributed by atoms with Gasteiger partial charge in [0, 0.05) is 37.3 Å². The van der Waals surface area contributed by atoms with E-state index in [-0.39, 0.29) is 17.6 Å². The molecule has 2 atom stereocenters. The third kappa shape index (κ3) is 3.21. The number of aryl methyl sites for hydroxylation is 1. The van der Waals surface area contributed by atoms with Crippen molar-refractivity contribution in [3.05, 3.63) is 46.0 Å². The van der Waals surface area contributed by atoms with Gasteiger partial charge >= 0.3 is 0 Å². The van der Waals surface area contributed by atoms with Crippen molar-refractivity contribution in [2.24, 2.45) is 7.05 Å². The van der Waals surface area contributed by atoms with Gasteiger partial charge in [0.1, 0.15) is 0 Å². The van der Waals surface area contributed by atoms with Crippen molar-refractivity contribution >= 4 is 5.91 Å². The number of amides is 1. The Morgan fingerprint density at radius 3 is 2.84 bits per heavy atom. The average Bonchev–Trinajstić information content (AvgIpc) is 3.33. The number of carbonyl (C=O) groups excluding carboxylic acids is 1. The van der Waals surface area contributed by atoms with Gasteiger partial charge in [0.25, 0.3) is 17.4 Å². The van der Waals surface area contributed by atoms with Gasteiger partial charge in [-0.15, -0.1) is 0 Å². The first-order valence-corrected chi connectivity index (χ1v) is 8.46. The third-order valence-electron chi connectivity index (χ3n) is 4.57. The van der Waals surface area contributed by atoms with Crippen molar-refractivity contribution in [2.45, 2.75) is 37.9 Å². The number of carbonyl (C=O) groups is 1. The summed E-state index contributed by atoms with van der Waals surface area (Å²) in [6.07, 6.45) is 3.17. The molecule has 0 unspecified atom stereocenters. The number of rotatable bonds is 3. The Morgan fingerprint density at radius 2 is 2.12 bits per heavy atom. The van der Waals surface area contributed by atoms with E-state index < -0.39 is 6.10 Å². The highest BCUT2D eigenvalue weighted by Crippen LogP contribution is 2.39. The minimum Gasteiger partial charge on any atom is -0.362 e. The molecule has 0 aromatic carbocycles. The number of hydrogen-bond acceptors (Lipinski definition) is 6. The molecule has 2 aromatic heterocycles. The Labute approximate surface area is 144 Å². The molecule has 1 aliphatic heterocycles. The quantitative estimate of drug-likeness (QED) is 0.832. The largest absolute Gasteiger partial charge is 0.362 e. The molecule has 0 N–H and O–H groups in total. The molecule has 0 spiro atoms. The van der Waals surface area contributed by atoms with Crippen LogP contribution in [0, 0.1) is 0 Å². The monoisotopic (exact) mass is 344 g/mol. The highest BCUT2D eigenvalue weighted by Gasteiger charge is 2.35. The normalized spacial score (nSPS) is 23.7. The summed E-state index contributed by atoms with van der Waals surface area (Å²) in [5, 5.41) is 4.01. The van der Waals surface area contributed by atoms with Crippen LogP contribution < -0.4 is 5.56 Å². The second kappa shape index (κ2) is 6.11. The number of aromatic nitrogens is 3. The lowest BCUT2D eigenvalue weighted by molar-refractivity contribution is -0.0810. The molecule has 1 saturated heterocycles. The van der Waals surface area contributed by atoms with Gasteiger partial charge in [-0.05, 0) is 25.8 Å². The molecule has 4 rings (SSSR count). The third-order valence-corrected chi connectivity index (χ3v) is 4.57. The van der Waals surface area contributed by atoms with Crippen LogP contribution in [0.3, 0.4) is 0 Å². The van der Waals surface area contributed by atoms with Gasteiger partial charge in [0.15, 0.2) is 11.9 Å². The second-order valence-electron chi connectivity index (χ2n) is 6.78. The predicted octanol–water partition coefficient (Wildman–Crippen LogP) is 1.25. The summed E-state index contributed by atoms with van der Waals surface area (Å²) in [5.74, 6) is 1.34. The summed E-state index contributed by atoms with van der Waals surface area (Å²) in [5.41, 5.74) is 0.162. The summed E-state index contributed by atoms with van der Waals surface area (Å²) in [6, 6.07) is 3.01. The Kier molecular flexibility index (Phi) is 3.91. The van der Waals surface area contributed by atoms with Crippen molar-refractivity contribution < 1.29 is 14.1 Å². The first-order chi connectivity index (χ1) is 12.0. The smallest absolute Gasteiger partial charge is 0.257 e. The van der Waals surface area contributed by atoms with Gasteiger partial charge in [-0.3, -0.25) is 9.59 Å². The van der Waals surface area contributed by atoms with Gasteiger partial charge in [0.2, 0.25) is 0 Å². The van der Waals surface area contributed by atoms with Crippen molar-refractivity contribution in [1.82, 2.24) is 19.6 Å². The summed E-state index contributed by atoms with van der Waals surface area (Å²) in [6.45, 7) is 2.67. The number of pyridine rings is 1. The molecule has 2 fully saturated rings. The topological polar surface area (TPSA) is 90.5 Å². The molecule has 1 aliphatic carbocycles. The number of nitrogens with zero attached hydrogens (tertiary/aromatic N) is 4. The van der Waals surface area contributed by atoms with Gasteiger partial charge in [-0.2, -0.15) is 4.98 Å². The predicted molar refractivity (Wildman–Crippen MR) is 87.1 cm³/mol. The molecule has 1 saturated carbocycles. The maximum atomic E-state index is 12.8. The first-order valence-electron chi connectivity index (χ1n) is 8.46. The zero-order valence-corrected chi connectivity index (χ0v) is 14.2. The molecule has 132 valence electrons. The summed E-state index contributed by atoms with van der Waals surface area (Å²) < 4.78 is 12.7. The van der Waals surface area contributed by atoms with Crippen molar-refractivity contribution in [2.75, 3.05) is 13.1 Å². The lowest BCUT2D eigenvalue weighted by Gasteiger charge is -2.35. The Hall–Kier alpha value is -2.48. The lowest BCUT2D eigenvalue weighted by atomic mass is 10.1. The minimum atomic E-state index is -0.445. The average molecular weight is 344 g/mol. The second-order valence-corrected chi connectivity index (χ2v) is 6.78. The highest BCUT2D eigenvalue weighted by atomic mass is 16.5. The lowest BCUT2D eigenvalue weighted by Crippen LogP contribution is -2.46. The van der Waals surface area contributed by atoms with Crippen LogP contribution in [0.2, 0.25) is 0 Å². The van der Waals surface area contributed by atoms with Crippen molar-refractivity contribution in [1.29, 1.82) is 0 Å². The van der Waals surface area contributed by atoms with Crippen LogP contribution in [0.25, 0.3) is 0 Å². The van der Waals surface area contributed by atoms with Crippen LogP contribution in [-0.4, -0.2) is 44.7 Å². The molecule has 0 bridgehead atoms. The molecular formula is C17H20N4O4. The van der Waals surface area contributed by atoms with Crippen LogP contribution in [-0.2, 0) is 11.8 Å². The van der Waals surface area contributed by atoms with E-state index in [9.17, 15) is 9.59 Å². The van der Waals surface area contributed by atoms with Gasteiger partial charge in [0.05, 0.1) is 12.6 Å². The Morgan fingerprint density at radius 1 is 1.32 bits per heavy atom. The van der Waals surface area contributed by atoms with Crippen LogP contribution >= 0.6 is 0 Å². The fourth-order valence-corrected chi connectivity index (χ4v) is 3.00. The minimum absolute atomic E-state index is 0.162. The SMILES string of the molecule is C[C@@H]1CN(C(=O)c2ccn(C)c(=O)c2)C[C@H](c2nc(C3CC3)no2)O1. The molecule has 0 radical (unpaired) electrons. The summed E-state index contributed by atoms with van der Waals surface area (Å²) in [4.78, 5) is 30.7. The van der Waals surface area contributed by atoms with Crippen LogP contribution in [0.5, 0.6) is 0 Å². The van der Waals surface area contributed by atoms with E-state index in [2.05, 4.69) is 10.1 Å². The Bertz CT molecular complexity index is 854. The highest BCUT2D eigenvalue weighted by molar-refractivity contribution is 5.94. The molecule has 25 heavy (non-hydrogen) atoms. The van der Waals surface area contributed by atoms with Crippen molar-refractivity contribution in [3.8, 4) is 0 Å². The first kappa shape index (κ1) is 16.0.